The van der Waals surface area contributed by atoms with E-state index in [-0.39, 0.29) is 12.0 Å². The number of hydrogen-bond acceptors (Lipinski definition) is 15. The number of ether oxygens (including phenoxy) is 3. The normalized spacial score (nSPS) is 21.9. The molecule has 4 aromatic rings. The van der Waals surface area contributed by atoms with Crippen molar-refractivity contribution in [1.29, 1.82) is 0 Å². The predicted octanol–water partition coefficient (Wildman–Crippen LogP) is 1.54. The number of carbonyl (C=O) groups is 1. The maximum atomic E-state index is 12.6. The zero-order valence-electron chi connectivity index (χ0n) is 25.0. The highest BCUT2D eigenvalue weighted by molar-refractivity contribution is 7.19. The molecule has 45 heavy (non-hydrogen) atoms. The quantitative estimate of drug-likeness (QED) is 0.225. The highest BCUT2D eigenvalue weighted by atomic mass is 32.1. The fraction of sp³-hybridized carbons (Fsp3) is 0.448. The van der Waals surface area contributed by atoms with E-state index >= 15 is 0 Å². The van der Waals surface area contributed by atoms with Gasteiger partial charge in [-0.05, 0) is 19.1 Å². The van der Waals surface area contributed by atoms with Gasteiger partial charge in [0.25, 0.3) is 5.91 Å². The summed E-state index contributed by atoms with van der Waals surface area (Å²) >= 11 is 1.61. The largest absolute Gasteiger partial charge is 0.481 e. The lowest BCUT2D eigenvalue weighted by atomic mass is 10.0. The second-order valence-electron chi connectivity index (χ2n) is 10.7. The highest BCUT2D eigenvalue weighted by Crippen LogP contribution is 2.35. The van der Waals surface area contributed by atoms with Crippen LogP contribution < -0.4 is 20.0 Å². The smallest absolute Gasteiger partial charge is 0.278 e. The second-order valence-corrected chi connectivity index (χ2v) is 11.9. The van der Waals surface area contributed by atoms with Crippen molar-refractivity contribution in [3.05, 3.63) is 47.2 Å². The summed E-state index contributed by atoms with van der Waals surface area (Å²) in [5.74, 6) is 1.82. The van der Waals surface area contributed by atoms with Crippen molar-refractivity contribution in [3.8, 4) is 17.3 Å². The van der Waals surface area contributed by atoms with Gasteiger partial charge in [0.1, 0.15) is 6.10 Å². The molecule has 15 nitrogen and oxygen atoms in total. The number of nitrogens with one attached hydrogen (secondary N) is 1. The number of methoxy groups -OCH3 is 1. The van der Waals surface area contributed by atoms with Crippen LogP contribution in [0.5, 0.6) is 5.88 Å². The van der Waals surface area contributed by atoms with Crippen molar-refractivity contribution in [2.75, 3.05) is 50.3 Å². The number of pyridine rings is 1. The molecule has 0 aliphatic carbocycles. The Hall–Kier alpha value is -4.06. The van der Waals surface area contributed by atoms with E-state index in [1.54, 1.807) is 37.6 Å². The van der Waals surface area contributed by atoms with Crippen molar-refractivity contribution >= 4 is 39.2 Å². The number of hydroxylamine groups is 1. The van der Waals surface area contributed by atoms with Crippen LogP contribution in [0.2, 0.25) is 0 Å². The zero-order chi connectivity index (χ0) is 31.5. The van der Waals surface area contributed by atoms with Crippen LogP contribution in [-0.4, -0.2) is 106 Å². The van der Waals surface area contributed by atoms with Crippen molar-refractivity contribution in [2.45, 2.75) is 44.5 Å². The molecule has 2 aliphatic heterocycles. The SMILES string of the molecule is COc1ccc(-c2nc(N3CCOCC3)c3sc(CN(C)c4ncc(C(=O)NO[C@H]5C[C@H](O)[C@@H](O)[C@H](C)O5)cn4)cc3n2)cn1. The number of anilines is 2. The first-order valence-corrected chi connectivity index (χ1v) is 15.2. The summed E-state index contributed by atoms with van der Waals surface area (Å²) in [5, 5.41) is 19.7. The van der Waals surface area contributed by atoms with Gasteiger partial charge in [-0.3, -0.25) is 4.79 Å². The lowest BCUT2D eigenvalue weighted by Gasteiger charge is -2.34. The van der Waals surface area contributed by atoms with Gasteiger partial charge in [-0.2, -0.15) is 0 Å². The first kappa shape index (κ1) is 30.9. The monoisotopic (exact) mass is 638 g/mol. The molecule has 0 spiro atoms. The number of amides is 1. The number of aliphatic hydroxyl groups is 2. The van der Waals surface area contributed by atoms with Crippen LogP contribution in [0.1, 0.15) is 28.6 Å². The van der Waals surface area contributed by atoms with E-state index in [0.29, 0.717) is 37.4 Å². The number of morpholine rings is 1. The topological polar surface area (TPSA) is 177 Å². The predicted molar refractivity (Wildman–Crippen MR) is 164 cm³/mol. The van der Waals surface area contributed by atoms with E-state index in [0.717, 1.165) is 39.6 Å². The van der Waals surface area contributed by atoms with E-state index in [4.69, 9.17) is 29.0 Å². The molecule has 0 unspecified atom stereocenters. The molecular weight excluding hydrogens is 604 g/mol. The van der Waals surface area contributed by atoms with Gasteiger partial charge in [0.2, 0.25) is 11.8 Å². The van der Waals surface area contributed by atoms with Gasteiger partial charge in [0.05, 0.1) is 54.9 Å². The lowest BCUT2D eigenvalue weighted by Crippen LogP contribution is -2.49. The maximum absolute atomic E-state index is 12.6. The number of aromatic nitrogens is 5. The summed E-state index contributed by atoms with van der Waals surface area (Å²) in [6.07, 6.45) is 0.972. The standard InChI is InChI=1S/C29H34N8O7S/c1-16-24(39)21(38)11-23(43-16)44-35-28(40)18-13-31-29(32-14-18)36(2)15-19-10-20-25(45-19)27(37-6-8-42-9-7-37)34-26(33-20)17-4-5-22(41-3)30-12-17/h4-5,10,12-14,16,21,23-24,38-39H,6-9,11,15H2,1-3H3,(H,35,40)/t16-,21-,23-,24-/m0/s1. The number of nitrogens with zero attached hydrogens (tertiary/aromatic N) is 7. The summed E-state index contributed by atoms with van der Waals surface area (Å²) in [5.41, 5.74) is 4.10. The molecule has 4 atom stereocenters. The number of hydrogen-bond donors (Lipinski definition) is 3. The van der Waals surface area contributed by atoms with Crippen LogP contribution in [0.3, 0.4) is 0 Å². The molecule has 238 valence electrons. The van der Waals surface area contributed by atoms with Gasteiger partial charge in [0, 0.05) is 61.7 Å². The molecule has 0 bridgehead atoms. The molecule has 1 amide bonds. The molecule has 2 saturated heterocycles. The molecule has 4 aromatic heterocycles. The van der Waals surface area contributed by atoms with E-state index in [2.05, 4.69) is 25.3 Å². The molecule has 2 fully saturated rings. The maximum Gasteiger partial charge on any atom is 0.278 e. The Morgan fingerprint density at radius 2 is 1.93 bits per heavy atom. The third kappa shape index (κ3) is 6.95. The highest BCUT2D eigenvalue weighted by Gasteiger charge is 2.35. The van der Waals surface area contributed by atoms with Gasteiger partial charge >= 0.3 is 0 Å². The average molecular weight is 639 g/mol. The minimum atomic E-state index is -1.01. The third-order valence-electron chi connectivity index (χ3n) is 7.51. The van der Waals surface area contributed by atoms with E-state index < -0.39 is 30.5 Å². The molecular formula is C29H34N8O7S. The Bertz CT molecular complexity index is 1610. The Kier molecular flexibility index (Phi) is 9.29. The fourth-order valence-electron chi connectivity index (χ4n) is 5.01. The van der Waals surface area contributed by atoms with E-state index in [1.165, 1.54) is 12.4 Å². The molecule has 6 rings (SSSR count). The second kappa shape index (κ2) is 13.5. The summed E-state index contributed by atoms with van der Waals surface area (Å²) in [6.45, 7) is 4.84. The first-order valence-electron chi connectivity index (χ1n) is 14.4. The van der Waals surface area contributed by atoms with Crippen LogP contribution in [0.4, 0.5) is 11.8 Å². The van der Waals surface area contributed by atoms with Crippen LogP contribution in [0.15, 0.2) is 36.8 Å². The number of thiophene rings is 1. The molecule has 6 heterocycles. The van der Waals surface area contributed by atoms with Crippen LogP contribution in [0, 0.1) is 0 Å². The van der Waals surface area contributed by atoms with Crippen molar-refractivity contribution in [3.63, 3.8) is 0 Å². The van der Waals surface area contributed by atoms with E-state index in [9.17, 15) is 15.0 Å². The van der Waals surface area contributed by atoms with Gasteiger partial charge in [0.15, 0.2) is 17.9 Å². The summed E-state index contributed by atoms with van der Waals surface area (Å²) in [6, 6.07) is 5.73. The van der Waals surface area contributed by atoms with Gasteiger partial charge < -0.3 is 34.2 Å². The van der Waals surface area contributed by atoms with Gasteiger partial charge in [-0.15, -0.1) is 11.3 Å². The number of rotatable bonds is 9. The zero-order valence-corrected chi connectivity index (χ0v) is 25.8. The lowest BCUT2D eigenvalue weighted by molar-refractivity contribution is -0.259. The van der Waals surface area contributed by atoms with Crippen LogP contribution in [0.25, 0.3) is 21.6 Å². The molecule has 16 heteroatoms. The molecule has 2 aliphatic rings. The number of fused-ring (bicyclic) bond motifs is 1. The molecule has 0 aromatic carbocycles. The Morgan fingerprint density at radius 3 is 2.62 bits per heavy atom. The molecule has 0 radical (unpaired) electrons. The van der Waals surface area contributed by atoms with Crippen molar-refractivity contribution < 1.29 is 34.1 Å². The van der Waals surface area contributed by atoms with Gasteiger partial charge in [-0.1, -0.05) is 0 Å². The third-order valence-corrected chi connectivity index (χ3v) is 8.62. The number of carbonyl (C=O) groups excluding carboxylic acids is 1. The minimum Gasteiger partial charge on any atom is -0.481 e. The van der Waals surface area contributed by atoms with E-state index in [1.807, 2.05) is 24.1 Å². The Balaban J connectivity index is 1.15. The molecule has 0 saturated carbocycles. The van der Waals surface area contributed by atoms with Gasteiger partial charge in [-0.25, -0.2) is 35.2 Å². The first-order chi connectivity index (χ1) is 21.8. The van der Waals surface area contributed by atoms with Crippen LogP contribution in [-0.2, 0) is 20.9 Å². The van der Waals surface area contributed by atoms with Crippen molar-refractivity contribution in [2.24, 2.45) is 0 Å². The molecule has 3 N–H and O–H groups in total. The minimum absolute atomic E-state index is 0.0171. The number of aliphatic hydroxyl groups excluding tert-OH is 2. The average Bonchev–Trinajstić information content (AvgIpc) is 3.48. The summed E-state index contributed by atoms with van der Waals surface area (Å²) < 4.78 is 17.2. The summed E-state index contributed by atoms with van der Waals surface area (Å²) in [7, 11) is 3.44. The van der Waals surface area contributed by atoms with Crippen molar-refractivity contribution in [1.82, 2.24) is 30.4 Å². The Morgan fingerprint density at radius 1 is 1.16 bits per heavy atom. The fourth-order valence-corrected chi connectivity index (χ4v) is 6.18. The summed E-state index contributed by atoms with van der Waals surface area (Å²) in [4.78, 5) is 45.9. The Labute approximate surface area is 262 Å². The van der Waals surface area contributed by atoms with Crippen LogP contribution >= 0.6 is 11.3 Å².